The van der Waals surface area contributed by atoms with Crippen molar-refractivity contribution in [1.29, 1.82) is 0 Å². The first-order valence-electron chi connectivity index (χ1n) is 5.56. The quantitative estimate of drug-likeness (QED) is 0.767. The highest BCUT2D eigenvalue weighted by molar-refractivity contribution is 7.15. The lowest BCUT2D eigenvalue weighted by Gasteiger charge is -2.37. The first-order valence-corrected chi connectivity index (χ1v) is 6.38. The summed E-state index contributed by atoms with van der Waals surface area (Å²) in [6.45, 7) is 5.85. The summed E-state index contributed by atoms with van der Waals surface area (Å²) in [5.41, 5.74) is 0.155. The lowest BCUT2D eigenvalue weighted by atomic mass is 9.84. The second kappa shape index (κ2) is 4.15. The number of aromatic nitrogens is 1. The van der Waals surface area contributed by atoms with Gasteiger partial charge >= 0.3 is 6.18 Å². The maximum atomic E-state index is 12.5. The number of alkyl halides is 3. The maximum absolute atomic E-state index is 12.5. The minimum absolute atomic E-state index is 0.155. The molecule has 0 spiro atoms. The normalized spacial score (nSPS) is 20.6. The molecule has 2 nitrogen and oxygen atoms in total. The minimum Gasteiger partial charge on any atom is -0.348 e. The van der Waals surface area contributed by atoms with Gasteiger partial charge in [-0.3, -0.25) is 0 Å². The molecule has 2 rings (SSSR count). The van der Waals surface area contributed by atoms with E-state index >= 15 is 0 Å². The molecule has 0 radical (unpaired) electrons. The molecule has 1 saturated heterocycles. The summed E-state index contributed by atoms with van der Waals surface area (Å²) < 4.78 is 37.4. The molecule has 0 unspecified atom stereocenters. The molecule has 1 aliphatic rings. The monoisotopic (exact) mass is 264 g/mol. The SMILES string of the molecule is CC1(C)CCCN(c2ncc(C(F)(F)F)s2)C1. The fourth-order valence-corrected chi connectivity index (χ4v) is 2.94. The van der Waals surface area contributed by atoms with Crippen molar-refractivity contribution < 1.29 is 13.2 Å². The van der Waals surface area contributed by atoms with Crippen molar-refractivity contribution in [1.82, 2.24) is 4.98 Å². The molecule has 0 atom stereocenters. The Kier molecular flexibility index (Phi) is 3.10. The number of thiazole rings is 1. The van der Waals surface area contributed by atoms with E-state index in [9.17, 15) is 13.2 Å². The molecule has 0 aromatic carbocycles. The predicted octanol–water partition coefficient (Wildman–Crippen LogP) is 3.79. The Balaban J connectivity index is 2.15. The third-order valence-corrected chi connectivity index (χ3v) is 4.05. The number of anilines is 1. The lowest BCUT2D eigenvalue weighted by Crippen LogP contribution is -2.40. The summed E-state index contributed by atoms with van der Waals surface area (Å²) in [5, 5.41) is 0.491. The topological polar surface area (TPSA) is 16.1 Å². The fourth-order valence-electron chi connectivity index (χ4n) is 2.13. The van der Waals surface area contributed by atoms with Crippen LogP contribution in [0, 0.1) is 5.41 Å². The summed E-state index contributed by atoms with van der Waals surface area (Å²) in [6.07, 6.45) is -1.22. The Morgan fingerprint density at radius 2 is 2.12 bits per heavy atom. The molecule has 0 bridgehead atoms. The average Bonchev–Trinajstić information content (AvgIpc) is 2.63. The molecular weight excluding hydrogens is 249 g/mol. The fraction of sp³-hybridized carbons (Fsp3) is 0.727. The van der Waals surface area contributed by atoms with Gasteiger partial charge in [0.1, 0.15) is 4.88 Å². The van der Waals surface area contributed by atoms with Gasteiger partial charge in [-0.2, -0.15) is 13.2 Å². The van der Waals surface area contributed by atoms with Crippen molar-refractivity contribution >= 4 is 16.5 Å². The Morgan fingerprint density at radius 1 is 1.41 bits per heavy atom. The largest absolute Gasteiger partial charge is 0.427 e. The van der Waals surface area contributed by atoms with Crippen LogP contribution in [0.2, 0.25) is 0 Å². The van der Waals surface area contributed by atoms with Crippen molar-refractivity contribution in [3.63, 3.8) is 0 Å². The second-order valence-corrected chi connectivity index (χ2v) is 6.20. The van der Waals surface area contributed by atoms with Crippen molar-refractivity contribution in [2.24, 2.45) is 5.41 Å². The van der Waals surface area contributed by atoms with Gasteiger partial charge in [0, 0.05) is 13.1 Å². The zero-order valence-electron chi connectivity index (χ0n) is 9.84. The Labute approximate surface area is 102 Å². The van der Waals surface area contributed by atoms with Crippen molar-refractivity contribution in [3.05, 3.63) is 11.1 Å². The van der Waals surface area contributed by atoms with Gasteiger partial charge in [0.25, 0.3) is 0 Å². The first-order chi connectivity index (χ1) is 7.78. The van der Waals surface area contributed by atoms with E-state index in [0.717, 1.165) is 43.5 Å². The van der Waals surface area contributed by atoms with Crippen LogP contribution in [0.1, 0.15) is 31.6 Å². The maximum Gasteiger partial charge on any atom is 0.427 e. The average molecular weight is 264 g/mol. The van der Waals surface area contributed by atoms with Crippen LogP contribution in [-0.2, 0) is 6.18 Å². The summed E-state index contributed by atoms with van der Waals surface area (Å²) in [7, 11) is 0. The van der Waals surface area contributed by atoms with Crippen molar-refractivity contribution in [2.45, 2.75) is 32.9 Å². The van der Waals surface area contributed by atoms with E-state index in [1.807, 2.05) is 4.90 Å². The molecule has 0 amide bonds. The van der Waals surface area contributed by atoms with Gasteiger partial charge in [-0.05, 0) is 18.3 Å². The number of hydrogen-bond acceptors (Lipinski definition) is 3. The van der Waals surface area contributed by atoms with Gasteiger partial charge in [0.15, 0.2) is 5.13 Å². The molecule has 2 heterocycles. The van der Waals surface area contributed by atoms with Gasteiger partial charge in [-0.15, -0.1) is 0 Å². The van der Waals surface area contributed by atoms with E-state index in [-0.39, 0.29) is 5.41 Å². The second-order valence-electron chi connectivity index (χ2n) is 5.19. The van der Waals surface area contributed by atoms with Gasteiger partial charge in [0.2, 0.25) is 0 Å². The third kappa shape index (κ3) is 2.91. The van der Waals surface area contributed by atoms with Crippen LogP contribution in [0.15, 0.2) is 6.20 Å². The van der Waals surface area contributed by atoms with Crippen LogP contribution in [0.3, 0.4) is 0 Å². The molecule has 0 aliphatic carbocycles. The summed E-state index contributed by atoms with van der Waals surface area (Å²) >= 11 is 0.737. The van der Waals surface area contributed by atoms with Crippen LogP contribution in [0.4, 0.5) is 18.3 Å². The summed E-state index contributed by atoms with van der Waals surface area (Å²) in [4.78, 5) is 5.24. The number of halogens is 3. The highest BCUT2D eigenvalue weighted by Crippen LogP contribution is 2.38. The lowest BCUT2D eigenvalue weighted by molar-refractivity contribution is -0.134. The summed E-state index contributed by atoms with van der Waals surface area (Å²) in [6, 6.07) is 0. The van der Waals surface area contributed by atoms with E-state index in [0.29, 0.717) is 5.13 Å². The molecule has 17 heavy (non-hydrogen) atoms. The van der Waals surface area contributed by atoms with E-state index in [4.69, 9.17) is 0 Å². The Morgan fingerprint density at radius 3 is 2.65 bits per heavy atom. The molecule has 1 fully saturated rings. The van der Waals surface area contributed by atoms with E-state index in [1.54, 1.807) is 0 Å². The van der Waals surface area contributed by atoms with Gasteiger partial charge < -0.3 is 4.90 Å². The number of nitrogens with zero attached hydrogens (tertiary/aromatic N) is 2. The highest BCUT2D eigenvalue weighted by Gasteiger charge is 2.35. The van der Waals surface area contributed by atoms with E-state index in [1.165, 1.54) is 0 Å². The van der Waals surface area contributed by atoms with Gasteiger partial charge in [-0.1, -0.05) is 25.2 Å². The van der Waals surface area contributed by atoms with E-state index in [2.05, 4.69) is 18.8 Å². The molecule has 1 aliphatic heterocycles. The number of rotatable bonds is 1. The Bertz CT molecular complexity index is 398. The summed E-state index contributed by atoms with van der Waals surface area (Å²) in [5.74, 6) is 0. The van der Waals surface area contributed by atoms with Gasteiger partial charge in [-0.25, -0.2) is 4.98 Å². The minimum atomic E-state index is -4.28. The number of piperidine rings is 1. The molecular formula is C11H15F3N2S. The standard InChI is InChI=1S/C11H15F3N2S/c1-10(2)4-3-5-16(7-10)9-15-6-8(17-9)11(12,13)14/h6H,3-5,7H2,1-2H3. The van der Waals surface area contributed by atoms with Gasteiger partial charge in [0.05, 0.1) is 6.20 Å². The van der Waals surface area contributed by atoms with Crippen molar-refractivity contribution in [2.75, 3.05) is 18.0 Å². The smallest absolute Gasteiger partial charge is 0.348 e. The zero-order valence-corrected chi connectivity index (χ0v) is 10.7. The van der Waals surface area contributed by atoms with Crippen LogP contribution in [0.5, 0.6) is 0 Å². The molecule has 1 aromatic heterocycles. The first kappa shape index (κ1) is 12.7. The molecule has 0 saturated carbocycles. The molecule has 1 aromatic rings. The van der Waals surface area contributed by atoms with Crippen LogP contribution >= 0.6 is 11.3 Å². The highest BCUT2D eigenvalue weighted by atomic mass is 32.1. The van der Waals surface area contributed by atoms with Crippen LogP contribution in [-0.4, -0.2) is 18.1 Å². The van der Waals surface area contributed by atoms with Crippen LogP contribution in [0.25, 0.3) is 0 Å². The number of hydrogen-bond donors (Lipinski definition) is 0. The molecule has 0 N–H and O–H groups in total. The van der Waals surface area contributed by atoms with Crippen molar-refractivity contribution in [3.8, 4) is 0 Å². The Hall–Kier alpha value is -0.780. The molecule has 6 heteroatoms. The van der Waals surface area contributed by atoms with Crippen LogP contribution < -0.4 is 4.90 Å². The molecule has 96 valence electrons. The zero-order chi connectivity index (χ0) is 12.7. The van der Waals surface area contributed by atoms with E-state index < -0.39 is 11.1 Å². The third-order valence-electron chi connectivity index (χ3n) is 2.94. The predicted molar refractivity (Wildman–Crippen MR) is 62.3 cm³/mol.